The van der Waals surface area contributed by atoms with Crippen LogP contribution in [0.2, 0.25) is 0 Å². The highest BCUT2D eigenvalue weighted by Crippen LogP contribution is 2.12. The Morgan fingerprint density at radius 1 is 0.914 bits per heavy atom. The lowest BCUT2D eigenvalue weighted by Crippen LogP contribution is -2.58. The highest BCUT2D eigenvalue weighted by Gasteiger charge is 2.30. The zero-order valence-electron chi connectivity index (χ0n) is 19.0. The molecule has 0 aliphatic heterocycles. The van der Waals surface area contributed by atoms with Crippen molar-refractivity contribution in [2.45, 2.75) is 43.4 Å². The smallest absolute Gasteiger partial charge is 0.328 e. The standard InChI is InChI=1S/C21H30N4O9S/c1-35-7-6-14(23-18(30)13(22)9-17(28)29)19(31)24-15(8-11-2-4-12(27)5-3-11)20(32)25-16(10-26)21(33)34/h2-5,13-16,26-27H,6-10,22H2,1H3,(H,23,30)(H,24,31)(H,25,32)(H,28,29)(H,33,34). The highest BCUT2D eigenvalue weighted by atomic mass is 32.2. The first-order valence-corrected chi connectivity index (χ1v) is 11.9. The first-order chi connectivity index (χ1) is 16.5. The van der Waals surface area contributed by atoms with Gasteiger partial charge in [-0.3, -0.25) is 19.2 Å². The Balaban J connectivity index is 3.09. The lowest BCUT2D eigenvalue weighted by atomic mass is 10.0. The third kappa shape index (κ3) is 10.6. The summed E-state index contributed by atoms with van der Waals surface area (Å²) in [7, 11) is 0. The number of rotatable bonds is 15. The second kappa shape index (κ2) is 14.8. The SMILES string of the molecule is CSCCC(NC(=O)C(N)CC(=O)O)C(=O)NC(Cc1ccc(O)cc1)C(=O)NC(CO)C(=O)O. The molecule has 35 heavy (non-hydrogen) atoms. The van der Waals surface area contributed by atoms with Crippen molar-refractivity contribution >= 4 is 41.4 Å². The summed E-state index contributed by atoms with van der Waals surface area (Å²) >= 11 is 1.38. The van der Waals surface area contributed by atoms with Gasteiger partial charge in [0.2, 0.25) is 17.7 Å². The molecule has 0 fully saturated rings. The summed E-state index contributed by atoms with van der Waals surface area (Å²) in [6.45, 7) is -0.880. The van der Waals surface area contributed by atoms with Gasteiger partial charge in [-0.1, -0.05) is 12.1 Å². The topological polar surface area (TPSA) is 228 Å². The molecule has 0 aliphatic rings. The van der Waals surface area contributed by atoms with Crippen molar-refractivity contribution in [3.63, 3.8) is 0 Å². The maximum Gasteiger partial charge on any atom is 0.328 e. The zero-order valence-corrected chi connectivity index (χ0v) is 19.8. The Morgan fingerprint density at radius 2 is 1.46 bits per heavy atom. The van der Waals surface area contributed by atoms with Gasteiger partial charge in [-0.15, -0.1) is 0 Å². The number of nitrogens with two attached hydrogens (primary N) is 1. The lowest BCUT2D eigenvalue weighted by molar-refractivity contribution is -0.143. The lowest BCUT2D eigenvalue weighted by Gasteiger charge is -2.25. The second-order valence-electron chi connectivity index (χ2n) is 7.56. The summed E-state index contributed by atoms with van der Waals surface area (Å²) in [5.74, 6) is -4.89. The van der Waals surface area contributed by atoms with E-state index in [1.54, 1.807) is 6.26 Å². The molecule has 4 atom stereocenters. The third-order valence-corrected chi connectivity index (χ3v) is 5.43. The average Bonchev–Trinajstić information content (AvgIpc) is 2.79. The van der Waals surface area contributed by atoms with Crippen LogP contribution >= 0.6 is 11.8 Å². The van der Waals surface area contributed by atoms with E-state index in [1.807, 2.05) is 0 Å². The van der Waals surface area contributed by atoms with E-state index in [0.717, 1.165) is 0 Å². The van der Waals surface area contributed by atoms with Crippen LogP contribution in [0, 0.1) is 0 Å². The largest absolute Gasteiger partial charge is 0.508 e. The van der Waals surface area contributed by atoms with Crippen LogP contribution in [-0.2, 0) is 30.4 Å². The quantitative estimate of drug-likeness (QED) is 0.128. The molecule has 1 rings (SSSR count). The van der Waals surface area contributed by atoms with Gasteiger partial charge in [0.05, 0.1) is 19.1 Å². The average molecular weight is 515 g/mol. The number of hydrogen-bond acceptors (Lipinski definition) is 9. The number of nitrogens with one attached hydrogen (secondary N) is 3. The molecule has 1 aromatic carbocycles. The molecular formula is C21H30N4O9S. The predicted molar refractivity (Wildman–Crippen MR) is 126 cm³/mol. The van der Waals surface area contributed by atoms with Crippen LogP contribution in [0.3, 0.4) is 0 Å². The van der Waals surface area contributed by atoms with Crippen LogP contribution in [0.4, 0.5) is 0 Å². The van der Waals surface area contributed by atoms with E-state index in [2.05, 4.69) is 16.0 Å². The number of benzene rings is 1. The normalized spacial score (nSPS) is 14.1. The molecule has 3 amide bonds. The Labute approximate surface area is 205 Å². The minimum Gasteiger partial charge on any atom is -0.508 e. The summed E-state index contributed by atoms with van der Waals surface area (Å²) in [5, 5.41) is 43.6. The van der Waals surface area contributed by atoms with Crippen LogP contribution in [0.25, 0.3) is 0 Å². The monoisotopic (exact) mass is 514 g/mol. The molecule has 14 heteroatoms. The first-order valence-electron chi connectivity index (χ1n) is 10.5. The number of phenols is 1. The minimum absolute atomic E-state index is 0.0254. The second-order valence-corrected chi connectivity index (χ2v) is 8.55. The molecule has 194 valence electrons. The summed E-state index contributed by atoms with van der Waals surface area (Å²) in [5.41, 5.74) is 6.08. The molecule has 0 radical (unpaired) electrons. The number of thioether (sulfide) groups is 1. The molecule has 0 aromatic heterocycles. The van der Waals surface area contributed by atoms with Gasteiger partial charge in [0.25, 0.3) is 0 Å². The van der Waals surface area contributed by atoms with Crippen molar-refractivity contribution in [2.75, 3.05) is 18.6 Å². The van der Waals surface area contributed by atoms with E-state index in [0.29, 0.717) is 11.3 Å². The van der Waals surface area contributed by atoms with Crippen LogP contribution in [0.1, 0.15) is 18.4 Å². The van der Waals surface area contributed by atoms with E-state index < -0.39 is 66.9 Å². The number of carboxylic acid groups (broad SMARTS) is 2. The van der Waals surface area contributed by atoms with Crippen LogP contribution in [0.15, 0.2) is 24.3 Å². The maximum absolute atomic E-state index is 13.0. The predicted octanol–water partition coefficient (Wildman–Crippen LogP) is -1.98. The van der Waals surface area contributed by atoms with E-state index in [-0.39, 0.29) is 18.6 Å². The molecule has 1 aromatic rings. The Hall–Kier alpha value is -3.36. The van der Waals surface area contributed by atoms with E-state index in [1.165, 1.54) is 36.0 Å². The molecular weight excluding hydrogens is 484 g/mol. The van der Waals surface area contributed by atoms with Crippen LogP contribution in [0.5, 0.6) is 5.75 Å². The van der Waals surface area contributed by atoms with Crippen molar-refractivity contribution in [2.24, 2.45) is 5.73 Å². The van der Waals surface area contributed by atoms with Crippen molar-refractivity contribution < 1.29 is 44.4 Å². The van der Waals surface area contributed by atoms with Gasteiger partial charge in [-0.25, -0.2) is 4.79 Å². The van der Waals surface area contributed by atoms with Crippen molar-refractivity contribution in [3.05, 3.63) is 29.8 Å². The number of carbonyl (C=O) groups is 5. The number of aromatic hydroxyl groups is 1. The van der Waals surface area contributed by atoms with Gasteiger partial charge in [0.1, 0.15) is 23.9 Å². The number of aliphatic hydroxyl groups excluding tert-OH is 1. The molecule has 4 unspecified atom stereocenters. The fourth-order valence-electron chi connectivity index (χ4n) is 2.87. The van der Waals surface area contributed by atoms with Crippen molar-refractivity contribution in [1.82, 2.24) is 16.0 Å². The molecule has 0 saturated heterocycles. The summed E-state index contributed by atoms with van der Waals surface area (Å²) in [6.07, 6.45) is 1.17. The molecule has 0 bridgehead atoms. The summed E-state index contributed by atoms with van der Waals surface area (Å²) in [4.78, 5) is 60.1. The minimum atomic E-state index is -1.61. The number of phenolic OH excluding ortho intramolecular Hbond substituents is 1. The molecule has 0 spiro atoms. The molecule has 0 heterocycles. The molecule has 0 aliphatic carbocycles. The van der Waals surface area contributed by atoms with Crippen LogP contribution < -0.4 is 21.7 Å². The van der Waals surface area contributed by atoms with Gasteiger partial charge in [0.15, 0.2) is 0 Å². The summed E-state index contributed by atoms with van der Waals surface area (Å²) in [6, 6.07) is 0.272. The highest BCUT2D eigenvalue weighted by molar-refractivity contribution is 7.98. The van der Waals surface area contributed by atoms with Gasteiger partial charge < -0.3 is 42.1 Å². The number of aliphatic carboxylic acids is 2. The first kappa shape index (κ1) is 29.7. The maximum atomic E-state index is 13.0. The summed E-state index contributed by atoms with van der Waals surface area (Å²) < 4.78 is 0. The van der Waals surface area contributed by atoms with Gasteiger partial charge in [-0.05, 0) is 36.1 Å². The van der Waals surface area contributed by atoms with Gasteiger partial charge in [-0.2, -0.15) is 11.8 Å². The zero-order chi connectivity index (χ0) is 26.5. The van der Waals surface area contributed by atoms with Gasteiger partial charge >= 0.3 is 11.9 Å². The van der Waals surface area contributed by atoms with Crippen molar-refractivity contribution in [3.8, 4) is 5.75 Å². The Kier molecular flexibility index (Phi) is 12.6. The number of hydrogen-bond donors (Lipinski definition) is 8. The van der Waals surface area contributed by atoms with Crippen LogP contribution in [-0.4, -0.2) is 92.9 Å². The number of carboxylic acids is 2. The van der Waals surface area contributed by atoms with Gasteiger partial charge in [0, 0.05) is 6.42 Å². The Morgan fingerprint density at radius 3 is 1.97 bits per heavy atom. The van der Waals surface area contributed by atoms with E-state index in [4.69, 9.17) is 15.9 Å². The number of aliphatic hydroxyl groups is 1. The van der Waals surface area contributed by atoms with Crippen molar-refractivity contribution in [1.29, 1.82) is 0 Å². The molecule has 13 nitrogen and oxygen atoms in total. The fourth-order valence-corrected chi connectivity index (χ4v) is 3.34. The van der Waals surface area contributed by atoms with E-state index >= 15 is 0 Å². The number of amides is 3. The molecule has 0 saturated carbocycles. The van der Waals surface area contributed by atoms with E-state index in [9.17, 15) is 34.2 Å². The third-order valence-electron chi connectivity index (χ3n) is 4.78. The fraction of sp³-hybridized carbons (Fsp3) is 0.476. The Bertz CT molecular complexity index is 897. The number of carbonyl (C=O) groups excluding carboxylic acids is 3. The molecule has 9 N–H and O–H groups in total.